The maximum atomic E-state index is 12.6. The first kappa shape index (κ1) is 26.7. The number of hydrogen-bond donors (Lipinski definition) is 3. The van der Waals surface area contributed by atoms with Crippen molar-refractivity contribution in [1.29, 1.82) is 0 Å². The Morgan fingerprint density at radius 3 is 2.53 bits per heavy atom. The van der Waals surface area contributed by atoms with Crippen molar-refractivity contribution < 1.29 is 27.5 Å². The Labute approximate surface area is 220 Å². The van der Waals surface area contributed by atoms with Gasteiger partial charge in [0.2, 0.25) is 5.95 Å². The topological polar surface area (TPSA) is 108 Å². The number of amides is 2. The molecule has 3 aromatic rings. The summed E-state index contributed by atoms with van der Waals surface area (Å²) in [6.07, 6.45) is 2.86. The first-order valence-electron chi connectivity index (χ1n) is 11.4. The van der Waals surface area contributed by atoms with Crippen LogP contribution in [0.4, 0.5) is 36.2 Å². The molecule has 0 atom stereocenters. The summed E-state index contributed by atoms with van der Waals surface area (Å²) in [5.74, 6) is -1.94. The van der Waals surface area contributed by atoms with E-state index >= 15 is 0 Å². The number of anilines is 4. The van der Waals surface area contributed by atoms with Crippen LogP contribution in [-0.2, 0) is 4.79 Å². The summed E-state index contributed by atoms with van der Waals surface area (Å²) < 4.78 is 43.3. The van der Waals surface area contributed by atoms with Gasteiger partial charge in [-0.05, 0) is 43.0 Å². The highest BCUT2D eigenvalue weighted by Gasteiger charge is 2.38. The second-order valence-electron chi connectivity index (χ2n) is 8.11. The number of halogens is 4. The van der Waals surface area contributed by atoms with E-state index in [4.69, 9.17) is 16.3 Å². The standard InChI is InChI=1S/C25H22ClF3N6O3/c26-21-7-6-17(33-23(37)25(27,28)29)13-20(21)22(36)32-18-14-30-24(31-15-18)34-16-4-3-5-19(12-16)38-11-10-35-8-1-2-9-35/h1,3-8,12-15H,2,9-11H2,(H,32,36)(H,33,37)(H,30,31,34). The molecule has 0 saturated heterocycles. The van der Waals surface area contributed by atoms with Crippen LogP contribution in [0.2, 0.25) is 5.02 Å². The lowest BCUT2D eigenvalue weighted by atomic mass is 10.2. The van der Waals surface area contributed by atoms with Crippen LogP contribution >= 0.6 is 11.6 Å². The van der Waals surface area contributed by atoms with E-state index < -0.39 is 18.0 Å². The molecule has 0 fully saturated rings. The molecule has 9 nitrogen and oxygen atoms in total. The van der Waals surface area contributed by atoms with Crippen LogP contribution in [0.15, 0.2) is 67.1 Å². The molecule has 1 aliphatic rings. The van der Waals surface area contributed by atoms with E-state index in [1.54, 1.807) is 5.32 Å². The van der Waals surface area contributed by atoms with Gasteiger partial charge in [-0.2, -0.15) is 13.2 Å². The molecule has 0 bridgehead atoms. The third-order valence-electron chi connectivity index (χ3n) is 5.27. The minimum atomic E-state index is -5.07. The summed E-state index contributed by atoms with van der Waals surface area (Å²) in [6, 6.07) is 10.7. The Hall–Kier alpha value is -4.32. The molecule has 13 heteroatoms. The third kappa shape index (κ3) is 7.35. The summed E-state index contributed by atoms with van der Waals surface area (Å²) >= 11 is 6.02. The van der Waals surface area contributed by atoms with E-state index in [-0.39, 0.29) is 27.9 Å². The molecule has 0 spiro atoms. The van der Waals surface area contributed by atoms with E-state index in [1.807, 2.05) is 24.3 Å². The average Bonchev–Trinajstić information content (AvgIpc) is 3.39. The quantitative estimate of drug-likeness (QED) is 0.337. The Kier molecular flexibility index (Phi) is 8.31. The molecule has 198 valence electrons. The molecule has 3 N–H and O–H groups in total. The van der Waals surface area contributed by atoms with Crippen molar-refractivity contribution in [2.75, 3.05) is 35.6 Å². The van der Waals surface area contributed by atoms with E-state index in [1.165, 1.54) is 18.5 Å². The lowest BCUT2D eigenvalue weighted by Gasteiger charge is -2.16. The van der Waals surface area contributed by atoms with Gasteiger partial charge >= 0.3 is 12.1 Å². The summed E-state index contributed by atoms with van der Waals surface area (Å²) in [6.45, 7) is 2.33. The molecule has 2 heterocycles. The zero-order valence-corrected chi connectivity index (χ0v) is 20.5. The summed E-state index contributed by atoms with van der Waals surface area (Å²) in [7, 11) is 0. The van der Waals surface area contributed by atoms with Crippen molar-refractivity contribution >= 4 is 46.4 Å². The van der Waals surface area contributed by atoms with Gasteiger partial charge < -0.3 is 25.6 Å². The fourth-order valence-electron chi connectivity index (χ4n) is 3.43. The molecule has 1 aromatic heterocycles. The average molecular weight is 547 g/mol. The number of ether oxygens (including phenoxy) is 1. The maximum Gasteiger partial charge on any atom is 0.471 e. The van der Waals surface area contributed by atoms with Gasteiger partial charge in [0.15, 0.2) is 0 Å². The highest BCUT2D eigenvalue weighted by molar-refractivity contribution is 6.34. The van der Waals surface area contributed by atoms with Crippen molar-refractivity contribution in [3.8, 4) is 5.75 Å². The van der Waals surface area contributed by atoms with Crippen LogP contribution in [0, 0.1) is 0 Å². The smallest absolute Gasteiger partial charge is 0.471 e. The molecule has 0 aliphatic carbocycles. The Balaban J connectivity index is 1.33. The van der Waals surface area contributed by atoms with Crippen molar-refractivity contribution in [3.63, 3.8) is 0 Å². The van der Waals surface area contributed by atoms with E-state index in [9.17, 15) is 22.8 Å². The Morgan fingerprint density at radius 2 is 1.82 bits per heavy atom. The summed E-state index contributed by atoms with van der Waals surface area (Å²) in [5.41, 5.74) is 0.530. The number of alkyl halides is 3. The van der Waals surface area contributed by atoms with Crippen LogP contribution in [0.1, 0.15) is 16.8 Å². The molecule has 0 unspecified atom stereocenters. The number of aromatic nitrogens is 2. The van der Waals surface area contributed by atoms with Gasteiger partial charge in [-0.3, -0.25) is 9.59 Å². The van der Waals surface area contributed by atoms with Gasteiger partial charge in [0.1, 0.15) is 12.4 Å². The SMILES string of the molecule is O=C(Nc1cnc(Nc2cccc(OCCN3C=CCC3)c2)nc1)c1cc(NC(=O)C(F)(F)F)ccc1Cl. The first-order valence-corrected chi connectivity index (χ1v) is 11.8. The number of nitrogens with one attached hydrogen (secondary N) is 3. The van der Waals surface area contributed by atoms with Crippen molar-refractivity contribution in [3.05, 3.63) is 77.7 Å². The number of hydrogen-bond acceptors (Lipinski definition) is 7. The van der Waals surface area contributed by atoms with E-state index in [0.717, 1.165) is 31.6 Å². The van der Waals surface area contributed by atoms with Gasteiger partial charge in [-0.15, -0.1) is 0 Å². The zero-order valence-electron chi connectivity index (χ0n) is 19.8. The number of rotatable bonds is 9. The monoisotopic (exact) mass is 546 g/mol. The molecule has 1 aliphatic heterocycles. The predicted octanol–water partition coefficient (Wildman–Crippen LogP) is 5.22. The third-order valence-corrected chi connectivity index (χ3v) is 5.60. The zero-order chi connectivity index (χ0) is 27.1. The molecular weight excluding hydrogens is 525 g/mol. The van der Waals surface area contributed by atoms with E-state index in [0.29, 0.717) is 18.0 Å². The van der Waals surface area contributed by atoms with Gasteiger partial charge in [0, 0.05) is 24.0 Å². The van der Waals surface area contributed by atoms with Crippen LogP contribution in [0.25, 0.3) is 0 Å². The van der Waals surface area contributed by atoms with Crippen molar-refractivity contribution in [1.82, 2.24) is 14.9 Å². The highest BCUT2D eigenvalue weighted by Crippen LogP contribution is 2.25. The summed E-state index contributed by atoms with van der Waals surface area (Å²) in [4.78, 5) is 34.3. The first-order chi connectivity index (χ1) is 18.2. The maximum absolute atomic E-state index is 12.6. The fraction of sp³-hybridized carbons (Fsp3) is 0.200. The number of nitrogens with zero attached hydrogens (tertiary/aromatic N) is 3. The normalized spacial score (nSPS) is 12.8. The van der Waals surface area contributed by atoms with Crippen LogP contribution in [0.5, 0.6) is 5.75 Å². The van der Waals surface area contributed by atoms with E-state index in [2.05, 4.69) is 37.8 Å². The highest BCUT2D eigenvalue weighted by atomic mass is 35.5. The molecule has 0 saturated carbocycles. The fourth-order valence-corrected chi connectivity index (χ4v) is 3.64. The second-order valence-corrected chi connectivity index (χ2v) is 8.51. The van der Waals surface area contributed by atoms with Crippen molar-refractivity contribution in [2.24, 2.45) is 0 Å². The predicted molar refractivity (Wildman–Crippen MR) is 137 cm³/mol. The number of benzene rings is 2. The van der Waals surface area contributed by atoms with Gasteiger partial charge in [0.25, 0.3) is 5.91 Å². The Bertz CT molecular complexity index is 1330. The number of carbonyl (C=O) groups excluding carboxylic acids is 2. The van der Waals surface area contributed by atoms with Crippen molar-refractivity contribution in [2.45, 2.75) is 12.6 Å². The molecule has 4 rings (SSSR count). The van der Waals surface area contributed by atoms with Gasteiger partial charge in [0.05, 0.1) is 35.2 Å². The molecule has 0 radical (unpaired) electrons. The molecule has 38 heavy (non-hydrogen) atoms. The van der Waals surface area contributed by atoms with Gasteiger partial charge in [-0.25, -0.2) is 9.97 Å². The molecular formula is C25H22ClF3N6O3. The molecule has 2 amide bonds. The summed E-state index contributed by atoms with van der Waals surface area (Å²) in [5, 5.41) is 7.22. The van der Waals surface area contributed by atoms with Crippen LogP contribution in [-0.4, -0.2) is 52.6 Å². The van der Waals surface area contributed by atoms with Crippen LogP contribution in [0.3, 0.4) is 0 Å². The lowest BCUT2D eigenvalue weighted by molar-refractivity contribution is -0.167. The Morgan fingerprint density at radius 1 is 1.03 bits per heavy atom. The second kappa shape index (κ2) is 11.8. The number of carbonyl (C=O) groups is 2. The largest absolute Gasteiger partial charge is 0.492 e. The van der Waals surface area contributed by atoms with Gasteiger partial charge in [-0.1, -0.05) is 23.7 Å². The minimum absolute atomic E-state index is 0.0225. The minimum Gasteiger partial charge on any atom is -0.492 e. The molecule has 2 aromatic carbocycles. The van der Waals surface area contributed by atoms with Crippen LogP contribution < -0.4 is 20.7 Å². The lowest BCUT2D eigenvalue weighted by Crippen LogP contribution is -2.30.